The summed E-state index contributed by atoms with van der Waals surface area (Å²) in [7, 11) is 0. The van der Waals surface area contributed by atoms with Crippen LogP contribution in [0.1, 0.15) is 16.8 Å². The largest absolute Gasteiger partial charge is 0.357 e. The standard InChI is InChI=1S/C19H17FN2O/c20-16-7-3-1-5-13(16)11-19(23)22-10-9-15-14-6-2-4-8-17(14)21-18(15)12-22/h1-8,21H,9-12H2. The van der Waals surface area contributed by atoms with E-state index in [1.54, 1.807) is 18.2 Å². The molecule has 1 N–H and O–H groups in total. The van der Waals surface area contributed by atoms with Crippen LogP contribution in [-0.4, -0.2) is 22.3 Å². The first-order chi connectivity index (χ1) is 11.2. The van der Waals surface area contributed by atoms with E-state index < -0.39 is 0 Å². The number of nitrogens with one attached hydrogen (secondary N) is 1. The van der Waals surface area contributed by atoms with Crippen LogP contribution in [-0.2, 0) is 24.2 Å². The molecule has 0 atom stereocenters. The molecule has 0 aliphatic carbocycles. The molecule has 0 radical (unpaired) electrons. The third-order valence-corrected chi connectivity index (χ3v) is 4.53. The van der Waals surface area contributed by atoms with Gasteiger partial charge in [-0.25, -0.2) is 4.39 Å². The van der Waals surface area contributed by atoms with Crippen molar-refractivity contribution in [3.8, 4) is 0 Å². The van der Waals surface area contributed by atoms with Crippen LogP contribution in [0.2, 0.25) is 0 Å². The molecule has 0 spiro atoms. The second kappa shape index (κ2) is 5.54. The minimum atomic E-state index is -0.316. The van der Waals surface area contributed by atoms with Crippen LogP contribution >= 0.6 is 0 Å². The Morgan fingerprint density at radius 1 is 1.13 bits per heavy atom. The summed E-state index contributed by atoms with van der Waals surface area (Å²) >= 11 is 0. The number of aromatic amines is 1. The van der Waals surface area contributed by atoms with Crippen molar-refractivity contribution in [2.24, 2.45) is 0 Å². The maximum Gasteiger partial charge on any atom is 0.227 e. The van der Waals surface area contributed by atoms with E-state index in [1.165, 1.54) is 17.0 Å². The number of hydrogen-bond acceptors (Lipinski definition) is 1. The van der Waals surface area contributed by atoms with Gasteiger partial charge in [0.1, 0.15) is 5.82 Å². The molecule has 4 rings (SSSR count). The predicted octanol–water partition coefficient (Wildman–Crippen LogP) is 3.43. The van der Waals surface area contributed by atoms with Gasteiger partial charge in [-0.3, -0.25) is 4.79 Å². The molecule has 0 bridgehead atoms. The quantitative estimate of drug-likeness (QED) is 0.773. The number of carbonyl (C=O) groups is 1. The van der Waals surface area contributed by atoms with Crippen LogP contribution in [0.4, 0.5) is 4.39 Å². The normalized spacial score (nSPS) is 14.0. The maximum absolute atomic E-state index is 13.7. The van der Waals surface area contributed by atoms with Crippen LogP contribution in [0, 0.1) is 5.82 Å². The highest BCUT2D eigenvalue weighted by atomic mass is 19.1. The second-order valence-electron chi connectivity index (χ2n) is 5.96. The highest BCUT2D eigenvalue weighted by molar-refractivity contribution is 5.86. The topological polar surface area (TPSA) is 36.1 Å². The molecule has 1 aliphatic heterocycles. The Hall–Kier alpha value is -2.62. The van der Waals surface area contributed by atoms with Gasteiger partial charge in [0.15, 0.2) is 0 Å². The first-order valence-corrected chi connectivity index (χ1v) is 7.82. The summed E-state index contributed by atoms with van der Waals surface area (Å²) in [6.07, 6.45) is 0.949. The summed E-state index contributed by atoms with van der Waals surface area (Å²) in [6, 6.07) is 14.7. The van der Waals surface area contributed by atoms with Gasteiger partial charge in [-0.05, 0) is 29.7 Å². The SMILES string of the molecule is O=C(Cc1ccccc1F)N1CCc2c([nH]c3ccccc23)C1. The Morgan fingerprint density at radius 3 is 2.78 bits per heavy atom. The van der Waals surface area contributed by atoms with Crippen LogP contribution in [0.25, 0.3) is 10.9 Å². The molecule has 0 unspecified atom stereocenters. The molecule has 1 aliphatic rings. The predicted molar refractivity (Wildman–Crippen MR) is 87.5 cm³/mol. The number of fused-ring (bicyclic) bond motifs is 3. The highest BCUT2D eigenvalue weighted by Crippen LogP contribution is 2.27. The van der Waals surface area contributed by atoms with Gasteiger partial charge >= 0.3 is 0 Å². The monoisotopic (exact) mass is 308 g/mol. The zero-order valence-electron chi connectivity index (χ0n) is 12.7. The minimum Gasteiger partial charge on any atom is -0.357 e. The fraction of sp³-hybridized carbons (Fsp3) is 0.211. The average molecular weight is 308 g/mol. The summed E-state index contributed by atoms with van der Waals surface area (Å²) in [6.45, 7) is 1.25. The summed E-state index contributed by atoms with van der Waals surface area (Å²) in [5, 5.41) is 1.24. The Morgan fingerprint density at radius 2 is 1.91 bits per heavy atom. The van der Waals surface area contributed by atoms with Crippen molar-refractivity contribution >= 4 is 16.8 Å². The number of aromatic nitrogens is 1. The first kappa shape index (κ1) is 14.0. The van der Waals surface area contributed by atoms with Crippen molar-refractivity contribution in [3.05, 3.63) is 71.2 Å². The number of benzene rings is 2. The number of amides is 1. The molecule has 2 aromatic carbocycles. The van der Waals surface area contributed by atoms with E-state index in [4.69, 9.17) is 0 Å². The Labute approximate surface area is 133 Å². The highest BCUT2D eigenvalue weighted by Gasteiger charge is 2.24. The van der Waals surface area contributed by atoms with E-state index in [2.05, 4.69) is 17.1 Å². The molecule has 1 amide bonds. The van der Waals surface area contributed by atoms with E-state index in [0.29, 0.717) is 18.7 Å². The van der Waals surface area contributed by atoms with Crippen LogP contribution < -0.4 is 0 Å². The number of halogens is 1. The van der Waals surface area contributed by atoms with Gasteiger partial charge in [-0.2, -0.15) is 0 Å². The van der Waals surface area contributed by atoms with E-state index in [1.807, 2.05) is 17.0 Å². The molecule has 1 aromatic heterocycles. The number of rotatable bonds is 2. The van der Waals surface area contributed by atoms with Crippen molar-refractivity contribution in [1.82, 2.24) is 9.88 Å². The lowest BCUT2D eigenvalue weighted by molar-refractivity contribution is -0.131. The van der Waals surface area contributed by atoms with Crippen LogP contribution in [0.5, 0.6) is 0 Å². The Kier molecular flexibility index (Phi) is 3.37. The summed E-state index contributed by atoms with van der Waals surface area (Å²) in [5.74, 6) is -0.344. The molecular weight excluding hydrogens is 291 g/mol. The lowest BCUT2D eigenvalue weighted by Gasteiger charge is -2.27. The van der Waals surface area contributed by atoms with Crippen LogP contribution in [0.15, 0.2) is 48.5 Å². The lowest BCUT2D eigenvalue weighted by Crippen LogP contribution is -2.37. The van der Waals surface area contributed by atoms with Crippen molar-refractivity contribution in [1.29, 1.82) is 0 Å². The average Bonchev–Trinajstić information content (AvgIpc) is 2.94. The number of carbonyl (C=O) groups excluding carboxylic acids is 1. The Bertz CT molecular complexity index is 884. The van der Waals surface area contributed by atoms with E-state index in [0.717, 1.165) is 17.6 Å². The van der Waals surface area contributed by atoms with Gasteiger partial charge in [0.25, 0.3) is 0 Å². The summed E-state index contributed by atoms with van der Waals surface area (Å²) in [4.78, 5) is 17.7. The smallest absolute Gasteiger partial charge is 0.227 e. The summed E-state index contributed by atoms with van der Waals surface area (Å²) in [5.41, 5.74) is 3.97. The summed E-state index contributed by atoms with van der Waals surface area (Å²) < 4.78 is 13.7. The number of hydrogen-bond donors (Lipinski definition) is 1. The van der Waals surface area contributed by atoms with Gasteiger partial charge < -0.3 is 9.88 Å². The molecular formula is C19H17FN2O. The molecule has 116 valence electrons. The van der Waals surface area contributed by atoms with Crippen molar-refractivity contribution in [2.45, 2.75) is 19.4 Å². The molecule has 0 saturated carbocycles. The lowest BCUT2D eigenvalue weighted by atomic mass is 10.0. The van der Waals surface area contributed by atoms with Gasteiger partial charge in [-0.1, -0.05) is 36.4 Å². The zero-order valence-corrected chi connectivity index (χ0v) is 12.7. The molecule has 3 nitrogen and oxygen atoms in total. The van der Waals surface area contributed by atoms with E-state index in [-0.39, 0.29) is 18.1 Å². The van der Waals surface area contributed by atoms with Gasteiger partial charge in [-0.15, -0.1) is 0 Å². The van der Waals surface area contributed by atoms with Gasteiger partial charge in [0, 0.05) is 23.1 Å². The molecule has 3 aromatic rings. The number of para-hydroxylation sites is 1. The number of H-pyrrole nitrogens is 1. The van der Waals surface area contributed by atoms with Crippen molar-refractivity contribution in [2.75, 3.05) is 6.54 Å². The molecule has 4 heteroatoms. The van der Waals surface area contributed by atoms with Crippen molar-refractivity contribution in [3.63, 3.8) is 0 Å². The van der Waals surface area contributed by atoms with Gasteiger partial charge in [0.2, 0.25) is 5.91 Å². The fourth-order valence-electron chi connectivity index (χ4n) is 3.32. The number of nitrogens with zero attached hydrogens (tertiary/aromatic N) is 1. The molecule has 0 saturated heterocycles. The van der Waals surface area contributed by atoms with E-state index in [9.17, 15) is 9.18 Å². The minimum absolute atomic E-state index is 0.0283. The van der Waals surface area contributed by atoms with Crippen molar-refractivity contribution < 1.29 is 9.18 Å². The molecule has 0 fully saturated rings. The van der Waals surface area contributed by atoms with E-state index >= 15 is 0 Å². The van der Waals surface area contributed by atoms with Crippen LogP contribution in [0.3, 0.4) is 0 Å². The molecule has 2 heterocycles. The zero-order chi connectivity index (χ0) is 15.8. The second-order valence-corrected chi connectivity index (χ2v) is 5.96. The Balaban J connectivity index is 1.56. The third-order valence-electron chi connectivity index (χ3n) is 4.53. The van der Waals surface area contributed by atoms with Gasteiger partial charge in [0.05, 0.1) is 13.0 Å². The third kappa shape index (κ3) is 2.50. The fourth-order valence-corrected chi connectivity index (χ4v) is 3.32. The first-order valence-electron chi connectivity index (χ1n) is 7.82. The maximum atomic E-state index is 13.7. The molecule has 23 heavy (non-hydrogen) atoms.